The molecule has 3 nitrogen and oxygen atoms in total. The molecular weight excluding hydrogens is 236 g/mol. The van der Waals surface area contributed by atoms with Crippen LogP contribution in [0, 0.1) is 20.8 Å². The first kappa shape index (κ1) is 15.8. The lowest BCUT2D eigenvalue weighted by Crippen LogP contribution is -2.46. The lowest BCUT2D eigenvalue weighted by atomic mass is 9.99. The van der Waals surface area contributed by atoms with Gasteiger partial charge in [-0.25, -0.2) is 0 Å². The second-order valence-electron chi connectivity index (χ2n) is 5.98. The number of aryl methyl sites for hydroxylation is 1. The molecule has 0 spiro atoms. The number of benzene rings is 1. The third-order valence-electron chi connectivity index (χ3n) is 3.92. The van der Waals surface area contributed by atoms with Crippen LogP contribution in [-0.2, 0) is 0 Å². The minimum absolute atomic E-state index is 0.0848. The molecule has 0 unspecified atom stereocenters. The average Bonchev–Trinajstić information content (AvgIpc) is 2.33. The molecule has 1 aromatic carbocycles. The number of rotatable bonds is 5. The smallest absolute Gasteiger partial charge is 0.122 e. The van der Waals surface area contributed by atoms with E-state index in [1.54, 1.807) is 7.11 Å². The van der Waals surface area contributed by atoms with Crippen molar-refractivity contribution in [3.63, 3.8) is 0 Å². The number of likely N-dealkylation sites (N-methyl/N-ethyl adjacent to an activating group) is 2. The zero-order valence-corrected chi connectivity index (χ0v) is 13.6. The van der Waals surface area contributed by atoms with Gasteiger partial charge in [0.1, 0.15) is 5.75 Å². The Labute approximate surface area is 118 Å². The van der Waals surface area contributed by atoms with Gasteiger partial charge in [0, 0.05) is 24.8 Å². The number of hydrogen-bond acceptors (Lipinski definition) is 3. The summed E-state index contributed by atoms with van der Waals surface area (Å²) in [5.41, 5.74) is 5.17. The molecule has 0 aliphatic carbocycles. The van der Waals surface area contributed by atoms with Crippen molar-refractivity contribution in [1.82, 2.24) is 5.32 Å². The van der Waals surface area contributed by atoms with E-state index < -0.39 is 0 Å². The van der Waals surface area contributed by atoms with Crippen molar-refractivity contribution >= 4 is 5.69 Å². The maximum atomic E-state index is 5.43. The molecule has 0 bridgehead atoms. The molecule has 1 rings (SSSR count). The third kappa shape index (κ3) is 3.41. The van der Waals surface area contributed by atoms with Gasteiger partial charge < -0.3 is 15.0 Å². The Kier molecular flexibility index (Phi) is 4.86. The van der Waals surface area contributed by atoms with Crippen molar-refractivity contribution in [2.75, 3.05) is 32.6 Å². The SMILES string of the molecule is CNC(C)(C)CN(C)c1c(C)cc(OC)c(C)c1C. The van der Waals surface area contributed by atoms with Gasteiger partial charge in [0.05, 0.1) is 7.11 Å². The fraction of sp³-hybridized carbons (Fsp3) is 0.625. The Bertz CT molecular complexity index is 453. The van der Waals surface area contributed by atoms with Crippen LogP contribution < -0.4 is 15.0 Å². The average molecular weight is 264 g/mol. The largest absolute Gasteiger partial charge is 0.496 e. The van der Waals surface area contributed by atoms with Crippen molar-refractivity contribution in [3.8, 4) is 5.75 Å². The van der Waals surface area contributed by atoms with Gasteiger partial charge in [0.15, 0.2) is 0 Å². The van der Waals surface area contributed by atoms with Crippen molar-refractivity contribution in [2.24, 2.45) is 0 Å². The van der Waals surface area contributed by atoms with E-state index in [2.05, 4.69) is 57.9 Å². The highest BCUT2D eigenvalue weighted by Gasteiger charge is 2.21. The number of nitrogens with zero attached hydrogens (tertiary/aromatic N) is 1. The topological polar surface area (TPSA) is 24.5 Å². The molecule has 1 N–H and O–H groups in total. The standard InChI is InChI=1S/C16H28N2O/c1-11-9-14(19-8)12(2)13(3)15(11)18(7)10-16(4,5)17-6/h9,17H,10H2,1-8H3. The van der Waals surface area contributed by atoms with Gasteiger partial charge in [-0.15, -0.1) is 0 Å². The quantitative estimate of drug-likeness (QED) is 0.884. The minimum Gasteiger partial charge on any atom is -0.496 e. The van der Waals surface area contributed by atoms with Crippen LogP contribution in [0.15, 0.2) is 6.07 Å². The predicted octanol–water partition coefficient (Wildman–Crippen LogP) is 3.05. The van der Waals surface area contributed by atoms with Crippen LogP contribution in [0.2, 0.25) is 0 Å². The van der Waals surface area contributed by atoms with Crippen LogP contribution in [0.1, 0.15) is 30.5 Å². The van der Waals surface area contributed by atoms with E-state index in [0.29, 0.717) is 0 Å². The Morgan fingerprint density at radius 1 is 1.21 bits per heavy atom. The van der Waals surface area contributed by atoms with Crippen LogP contribution in [-0.4, -0.2) is 33.3 Å². The van der Waals surface area contributed by atoms with E-state index >= 15 is 0 Å². The Hall–Kier alpha value is -1.22. The van der Waals surface area contributed by atoms with Gasteiger partial charge in [-0.05, 0) is 64.4 Å². The molecule has 0 radical (unpaired) electrons. The number of anilines is 1. The lowest BCUT2D eigenvalue weighted by Gasteiger charge is -2.33. The summed E-state index contributed by atoms with van der Waals surface area (Å²) in [5.74, 6) is 0.972. The monoisotopic (exact) mass is 264 g/mol. The molecule has 0 amide bonds. The maximum Gasteiger partial charge on any atom is 0.122 e. The van der Waals surface area contributed by atoms with Crippen molar-refractivity contribution in [3.05, 3.63) is 22.8 Å². The highest BCUT2D eigenvalue weighted by Crippen LogP contribution is 2.33. The van der Waals surface area contributed by atoms with Crippen LogP contribution >= 0.6 is 0 Å². The minimum atomic E-state index is 0.0848. The molecule has 0 saturated heterocycles. The van der Waals surface area contributed by atoms with Crippen molar-refractivity contribution < 1.29 is 4.74 Å². The van der Waals surface area contributed by atoms with Gasteiger partial charge in [0.2, 0.25) is 0 Å². The fourth-order valence-electron chi connectivity index (χ4n) is 2.58. The molecule has 0 fully saturated rings. The van der Waals surface area contributed by atoms with Gasteiger partial charge in [-0.2, -0.15) is 0 Å². The second kappa shape index (κ2) is 5.83. The Morgan fingerprint density at radius 2 is 1.79 bits per heavy atom. The molecule has 19 heavy (non-hydrogen) atoms. The highest BCUT2D eigenvalue weighted by molar-refractivity contribution is 5.64. The normalized spacial score (nSPS) is 11.6. The fourth-order valence-corrected chi connectivity index (χ4v) is 2.58. The molecule has 0 heterocycles. The summed E-state index contributed by atoms with van der Waals surface area (Å²) in [6.07, 6.45) is 0. The van der Waals surface area contributed by atoms with Crippen LogP contribution in [0.3, 0.4) is 0 Å². The van der Waals surface area contributed by atoms with E-state index in [1.807, 2.05) is 7.05 Å². The first-order valence-corrected chi connectivity index (χ1v) is 6.78. The summed E-state index contributed by atoms with van der Waals surface area (Å²) in [5, 5.41) is 3.35. The molecule has 0 saturated carbocycles. The molecule has 3 heteroatoms. The molecule has 0 aromatic heterocycles. The number of methoxy groups -OCH3 is 1. The summed E-state index contributed by atoms with van der Waals surface area (Å²) in [7, 11) is 5.89. The Morgan fingerprint density at radius 3 is 2.26 bits per heavy atom. The first-order valence-electron chi connectivity index (χ1n) is 6.78. The second-order valence-corrected chi connectivity index (χ2v) is 5.98. The van der Waals surface area contributed by atoms with Gasteiger partial charge in [-0.1, -0.05) is 0 Å². The maximum absolute atomic E-state index is 5.43. The molecule has 1 aromatic rings. The van der Waals surface area contributed by atoms with E-state index in [4.69, 9.17) is 4.74 Å². The van der Waals surface area contributed by atoms with E-state index in [1.165, 1.54) is 22.4 Å². The molecule has 108 valence electrons. The number of hydrogen-bond donors (Lipinski definition) is 1. The van der Waals surface area contributed by atoms with E-state index in [9.17, 15) is 0 Å². The van der Waals surface area contributed by atoms with Crippen molar-refractivity contribution in [2.45, 2.75) is 40.2 Å². The van der Waals surface area contributed by atoms with Crippen LogP contribution in [0.5, 0.6) is 5.75 Å². The van der Waals surface area contributed by atoms with Crippen LogP contribution in [0.4, 0.5) is 5.69 Å². The number of ether oxygens (including phenoxy) is 1. The third-order valence-corrected chi connectivity index (χ3v) is 3.92. The summed E-state index contributed by atoms with van der Waals surface area (Å²) >= 11 is 0. The molecule has 0 aliphatic rings. The number of nitrogens with one attached hydrogen (secondary N) is 1. The first-order chi connectivity index (χ1) is 8.73. The zero-order chi connectivity index (χ0) is 14.8. The molecule has 0 atom stereocenters. The van der Waals surface area contributed by atoms with Gasteiger partial charge in [-0.3, -0.25) is 0 Å². The van der Waals surface area contributed by atoms with Gasteiger partial charge >= 0.3 is 0 Å². The van der Waals surface area contributed by atoms with E-state index in [-0.39, 0.29) is 5.54 Å². The summed E-state index contributed by atoms with van der Waals surface area (Å²) in [4.78, 5) is 2.33. The summed E-state index contributed by atoms with van der Waals surface area (Å²) in [6.45, 7) is 11.8. The predicted molar refractivity (Wildman–Crippen MR) is 83.6 cm³/mol. The van der Waals surface area contributed by atoms with Gasteiger partial charge in [0.25, 0.3) is 0 Å². The molecular formula is C16H28N2O. The highest BCUT2D eigenvalue weighted by atomic mass is 16.5. The van der Waals surface area contributed by atoms with Crippen LogP contribution in [0.25, 0.3) is 0 Å². The lowest BCUT2D eigenvalue weighted by molar-refractivity contribution is 0.410. The van der Waals surface area contributed by atoms with E-state index in [0.717, 1.165) is 12.3 Å². The summed E-state index contributed by atoms with van der Waals surface area (Å²) < 4.78 is 5.43. The zero-order valence-electron chi connectivity index (χ0n) is 13.6. The molecule has 0 aliphatic heterocycles. The van der Waals surface area contributed by atoms with Crippen molar-refractivity contribution in [1.29, 1.82) is 0 Å². The summed E-state index contributed by atoms with van der Waals surface area (Å²) in [6, 6.07) is 2.13. The Balaban J connectivity index is 3.17.